The highest BCUT2D eigenvalue weighted by molar-refractivity contribution is 5.92. The van der Waals surface area contributed by atoms with Gasteiger partial charge in [0.1, 0.15) is 10.7 Å². The van der Waals surface area contributed by atoms with Gasteiger partial charge in [-0.3, -0.25) is 25.3 Å². The Morgan fingerprint density at radius 2 is 1.70 bits per heavy atom. The number of para-hydroxylation sites is 1. The number of amides is 1. The first-order chi connectivity index (χ1) is 13.1. The van der Waals surface area contributed by atoms with Gasteiger partial charge in [-0.15, -0.1) is 0 Å². The van der Waals surface area contributed by atoms with Gasteiger partial charge < -0.3 is 4.42 Å². The van der Waals surface area contributed by atoms with Gasteiger partial charge >= 0.3 is 5.88 Å². The molecular weight excluding hydrogens is 346 g/mol. The van der Waals surface area contributed by atoms with Gasteiger partial charge in [0.05, 0.1) is 18.3 Å². The van der Waals surface area contributed by atoms with Crippen LogP contribution in [0, 0.1) is 10.1 Å². The first kappa shape index (κ1) is 17.9. The molecule has 0 atom stereocenters. The van der Waals surface area contributed by atoms with Crippen LogP contribution < -0.4 is 10.4 Å². The predicted octanol–water partition coefficient (Wildman–Crippen LogP) is 3.94. The van der Waals surface area contributed by atoms with E-state index >= 15 is 0 Å². The molecule has 0 fully saturated rings. The van der Waals surface area contributed by atoms with Crippen molar-refractivity contribution in [3.05, 3.63) is 100 Å². The van der Waals surface area contributed by atoms with Gasteiger partial charge in [0.25, 0.3) is 5.91 Å². The third-order valence-electron chi connectivity index (χ3n) is 3.69. The Balaban J connectivity index is 1.71. The average molecular weight is 363 g/mol. The monoisotopic (exact) mass is 363 g/mol. The number of carbonyl (C=O) groups is 1. The number of rotatable bonds is 7. The van der Waals surface area contributed by atoms with Crippen LogP contribution in [0.4, 0.5) is 11.6 Å². The summed E-state index contributed by atoms with van der Waals surface area (Å²) in [4.78, 5) is 22.3. The molecule has 1 amide bonds. The largest absolute Gasteiger partial charge is 0.433 e. The van der Waals surface area contributed by atoms with Gasteiger partial charge in [0.2, 0.25) is 0 Å². The minimum absolute atomic E-state index is 0.228. The third-order valence-corrected chi connectivity index (χ3v) is 3.69. The van der Waals surface area contributed by atoms with Crippen molar-refractivity contribution in [2.45, 2.75) is 6.54 Å². The van der Waals surface area contributed by atoms with Gasteiger partial charge in [0, 0.05) is 6.08 Å². The lowest BCUT2D eigenvalue weighted by Gasteiger charge is -2.25. The number of anilines is 1. The second-order valence-electron chi connectivity index (χ2n) is 5.65. The Bertz CT molecular complexity index is 936. The number of benzene rings is 2. The Hall–Kier alpha value is -3.87. The van der Waals surface area contributed by atoms with Gasteiger partial charge in [0.15, 0.2) is 0 Å². The van der Waals surface area contributed by atoms with Crippen LogP contribution in [-0.2, 0) is 11.3 Å². The zero-order chi connectivity index (χ0) is 19.1. The fraction of sp³-hybridized carbons (Fsp3) is 0.0500. The van der Waals surface area contributed by atoms with Crippen molar-refractivity contribution in [1.29, 1.82) is 0 Å². The summed E-state index contributed by atoms with van der Waals surface area (Å²) >= 11 is 0. The SMILES string of the molecule is O=C(/C=C/c1ccc([N+](=O)[O-])o1)NN(Cc1ccccc1)c1ccccc1. The number of carbonyl (C=O) groups excluding carboxylic acids is 1. The molecule has 0 aliphatic carbocycles. The van der Waals surface area contributed by atoms with E-state index in [4.69, 9.17) is 4.42 Å². The van der Waals surface area contributed by atoms with Crippen LogP contribution in [0.2, 0.25) is 0 Å². The molecule has 136 valence electrons. The first-order valence-electron chi connectivity index (χ1n) is 8.21. The summed E-state index contributed by atoms with van der Waals surface area (Å²) in [5.41, 5.74) is 4.68. The molecular formula is C20H17N3O4. The maximum absolute atomic E-state index is 12.3. The molecule has 0 spiro atoms. The van der Waals surface area contributed by atoms with Crippen LogP contribution >= 0.6 is 0 Å². The number of nitrogens with one attached hydrogen (secondary N) is 1. The zero-order valence-corrected chi connectivity index (χ0v) is 14.3. The predicted molar refractivity (Wildman–Crippen MR) is 102 cm³/mol. The second-order valence-corrected chi connectivity index (χ2v) is 5.65. The summed E-state index contributed by atoms with van der Waals surface area (Å²) in [5, 5.41) is 12.4. The van der Waals surface area contributed by atoms with Crippen LogP contribution in [0.3, 0.4) is 0 Å². The highest BCUT2D eigenvalue weighted by atomic mass is 16.6. The van der Waals surface area contributed by atoms with Crippen LogP contribution in [0.1, 0.15) is 11.3 Å². The molecule has 3 aromatic rings. The zero-order valence-electron chi connectivity index (χ0n) is 14.3. The molecule has 0 saturated heterocycles. The topological polar surface area (TPSA) is 88.6 Å². The molecule has 1 heterocycles. The molecule has 1 aromatic heterocycles. The summed E-state index contributed by atoms with van der Waals surface area (Å²) < 4.78 is 5.00. The van der Waals surface area contributed by atoms with Crippen molar-refractivity contribution < 1.29 is 14.1 Å². The highest BCUT2D eigenvalue weighted by Crippen LogP contribution is 2.17. The van der Waals surface area contributed by atoms with Crippen LogP contribution in [0.5, 0.6) is 0 Å². The highest BCUT2D eigenvalue weighted by Gasteiger charge is 2.12. The van der Waals surface area contributed by atoms with Crippen LogP contribution in [0.15, 0.2) is 83.3 Å². The van der Waals surface area contributed by atoms with E-state index < -0.39 is 4.92 Å². The van der Waals surface area contributed by atoms with Crippen molar-refractivity contribution in [2.75, 3.05) is 5.01 Å². The van der Waals surface area contributed by atoms with E-state index in [1.165, 1.54) is 24.3 Å². The molecule has 3 rings (SSSR count). The fourth-order valence-electron chi connectivity index (χ4n) is 2.43. The van der Waals surface area contributed by atoms with E-state index in [1.807, 2.05) is 60.7 Å². The van der Waals surface area contributed by atoms with Crippen molar-refractivity contribution in [3.8, 4) is 0 Å². The van der Waals surface area contributed by atoms with E-state index in [0.29, 0.717) is 6.54 Å². The molecule has 0 unspecified atom stereocenters. The summed E-state index contributed by atoms with van der Waals surface area (Å²) in [7, 11) is 0. The second kappa shape index (κ2) is 8.48. The average Bonchev–Trinajstić information content (AvgIpc) is 3.17. The number of hydrogen-bond donors (Lipinski definition) is 1. The van der Waals surface area contributed by atoms with Crippen molar-refractivity contribution in [3.63, 3.8) is 0 Å². The summed E-state index contributed by atoms with van der Waals surface area (Å²) in [6.45, 7) is 0.483. The van der Waals surface area contributed by atoms with Crippen LogP contribution in [0.25, 0.3) is 6.08 Å². The molecule has 27 heavy (non-hydrogen) atoms. The van der Waals surface area contributed by atoms with E-state index in [9.17, 15) is 14.9 Å². The normalized spacial score (nSPS) is 10.7. The lowest BCUT2D eigenvalue weighted by Crippen LogP contribution is -2.41. The Morgan fingerprint density at radius 1 is 1.04 bits per heavy atom. The summed E-state index contributed by atoms with van der Waals surface area (Å²) in [5.74, 6) is -0.523. The lowest BCUT2D eigenvalue weighted by molar-refractivity contribution is -0.402. The Morgan fingerprint density at radius 3 is 2.33 bits per heavy atom. The molecule has 0 saturated carbocycles. The van der Waals surface area contributed by atoms with Crippen molar-refractivity contribution in [1.82, 2.24) is 5.43 Å². The van der Waals surface area contributed by atoms with Gasteiger partial charge in [-0.25, -0.2) is 0 Å². The van der Waals surface area contributed by atoms with Crippen LogP contribution in [-0.4, -0.2) is 10.8 Å². The summed E-state index contributed by atoms with van der Waals surface area (Å²) in [6, 6.07) is 21.9. The molecule has 0 aliphatic rings. The fourth-order valence-corrected chi connectivity index (χ4v) is 2.43. The maximum Gasteiger partial charge on any atom is 0.433 e. The molecule has 0 bridgehead atoms. The molecule has 7 nitrogen and oxygen atoms in total. The van der Waals surface area contributed by atoms with Crippen molar-refractivity contribution in [2.24, 2.45) is 0 Å². The minimum atomic E-state index is -0.631. The van der Waals surface area contributed by atoms with E-state index in [2.05, 4.69) is 5.43 Å². The smallest absolute Gasteiger partial charge is 0.401 e. The lowest BCUT2D eigenvalue weighted by atomic mass is 10.2. The minimum Gasteiger partial charge on any atom is -0.401 e. The molecule has 1 N–H and O–H groups in total. The third kappa shape index (κ3) is 5.05. The summed E-state index contributed by atoms with van der Waals surface area (Å²) in [6.07, 6.45) is 2.65. The van der Waals surface area contributed by atoms with Gasteiger partial charge in [-0.05, 0) is 29.8 Å². The van der Waals surface area contributed by atoms with Gasteiger partial charge in [-0.1, -0.05) is 48.5 Å². The Labute approximate surface area is 155 Å². The Kier molecular flexibility index (Phi) is 5.64. The van der Waals surface area contributed by atoms with Gasteiger partial charge in [-0.2, -0.15) is 0 Å². The molecule has 2 aromatic carbocycles. The number of nitrogens with zero attached hydrogens (tertiary/aromatic N) is 2. The maximum atomic E-state index is 12.3. The standard InChI is InChI=1S/C20H17N3O4/c24-19(13-11-18-12-14-20(27-18)23(25)26)21-22(17-9-5-2-6-10-17)15-16-7-3-1-4-8-16/h1-14H,15H2,(H,21,24)/b13-11+. The first-order valence-corrected chi connectivity index (χ1v) is 8.21. The molecule has 0 radical (unpaired) electrons. The number of hydrazine groups is 1. The number of nitro groups is 1. The molecule has 7 heteroatoms. The quantitative estimate of drug-likeness (QED) is 0.390. The van der Waals surface area contributed by atoms with Crippen molar-refractivity contribution >= 4 is 23.6 Å². The number of hydrogen-bond acceptors (Lipinski definition) is 5. The molecule has 0 aliphatic heterocycles. The van der Waals surface area contributed by atoms with E-state index in [-0.39, 0.29) is 17.6 Å². The van der Waals surface area contributed by atoms with E-state index in [0.717, 1.165) is 11.3 Å². The van der Waals surface area contributed by atoms with E-state index in [1.54, 1.807) is 5.01 Å². The number of furan rings is 1.